The Kier molecular flexibility index (Phi) is 10.8. The minimum absolute atomic E-state index is 0.0700. The molecular weight excluding hydrogens is 421 g/mol. The van der Waals surface area contributed by atoms with Crippen molar-refractivity contribution in [1.29, 1.82) is 0 Å². The predicted molar refractivity (Wildman–Crippen MR) is 131 cm³/mol. The highest BCUT2D eigenvalue weighted by molar-refractivity contribution is 5.28. The first-order valence-electron chi connectivity index (χ1n) is 13.4. The zero-order valence-corrected chi connectivity index (χ0v) is 20.4. The van der Waals surface area contributed by atoms with E-state index < -0.39 is 6.18 Å². The number of hydrogen-bond acceptors (Lipinski definition) is 1. The van der Waals surface area contributed by atoms with Crippen LogP contribution in [0.2, 0.25) is 0 Å². The van der Waals surface area contributed by atoms with Crippen LogP contribution in [-0.2, 0) is 4.74 Å². The minimum Gasteiger partial charge on any atom is -0.378 e. The highest BCUT2D eigenvalue weighted by Crippen LogP contribution is 2.39. The van der Waals surface area contributed by atoms with E-state index in [1.54, 1.807) is 0 Å². The van der Waals surface area contributed by atoms with Gasteiger partial charge in [-0.1, -0.05) is 69.4 Å². The second-order valence-electron chi connectivity index (χ2n) is 10.3. The molecule has 2 aliphatic carbocycles. The number of allylic oxidation sites excluding steroid dienone is 2. The first kappa shape index (κ1) is 26.3. The second-order valence-corrected chi connectivity index (χ2v) is 10.3. The quantitative estimate of drug-likeness (QED) is 0.234. The Morgan fingerprint density at radius 2 is 1.27 bits per heavy atom. The van der Waals surface area contributed by atoms with Gasteiger partial charge in [0.05, 0.1) is 6.10 Å². The van der Waals surface area contributed by atoms with Gasteiger partial charge in [-0.05, 0) is 86.7 Å². The number of rotatable bonds is 11. The van der Waals surface area contributed by atoms with Gasteiger partial charge >= 0.3 is 6.18 Å². The van der Waals surface area contributed by atoms with E-state index in [0.29, 0.717) is 24.0 Å². The van der Waals surface area contributed by atoms with Crippen LogP contribution in [0.5, 0.6) is 0 Å². The van der Waals surface area contributed by atoms with E-state index in [2.05, 4.69) is 31.2 Å². The maximum Gasteiger partial charge on any atom is 0.409 e. The molecule has 33 heavy (non-hydrogen) atoms. The van der Waals surface area contributed by atoms with E-state index in [-0.39, 0.29) is 5.92 Å². The van der Waals surface area contributed by atoms with Crippen molar-refractivity contribution < 1.29 is 17.9 Å². The van der Waals surface area contributed by atoms with E-state index in [1.807, 2.05) is 0 Å². The summed E-state index contributed by atoms with van der Waals surface area (Å²) in [6, 6.07) is 9.14. The third-order valence-corrected chi connectivity index (χ3v) is 7.73. The molecule has 0 saturated heterocycles. The zero-order valence-electron chi connectivity index (χ0n) is 20.4. The smallest absolute Gasteiger partial charge is 0.378 e. The first-order chi connectivity index (χ1) is 15.9. The molecule has 1 aromatic carbocycles. The molecule has 1 nitrogen and oxygen atoms in total. The topological polar surface area (TPSA) is 9.23 Å². The summed E-state index contributed by atoms with van der Waals surface area (Å²) in [5.41, 5.74) is 2.79. The van der Waals surface area contributed by atoms with Crippen molar-refractivity contribution in [2.75, 3.05) is 6.61 Å². The summed E-state index contributed by atoms with van der Waals surface area (Å²) in [5, 5.41) is 0. The molecule has 2 fully saturated rings. The van der Waals surface area contributed by atoms with Crippen molar-refractivity contribution in [2.45, 2.75) is 121 Å². The molecule has 2 aliphatic rings. The number of ether oxygens (including phenoxy) is 1. The Balaban J connectivity index is 1.34. The fraction of sp³-hybridized carbons (Fsp3) is 0.724. The van der Waals surface area contributed by atoms with Crippen LogP contribution < -0.4 is 0 Å². The van der Waals surface area contributed by atoms with Gasteiger partial charge in [-0.2, -0.15) is 13.2 Å². The molecule has 0 N–H and O–H groups in total. The van der Waals surface area contributed by atoms with Crippen LogP contribution in [0, 0.1) is 5.92 Å². The highest BCUT2D eigenvalue weighted by Gasteiger charge is 2.26. The second kappa shape index (κ2) is 13.6. The van der Waals surface area contributed by atoms with Crippen LogP contribution in [0.4, 0.5) is 13.2 Å². The van der Waals surface area contributed by atoms with Gasteiger partial charge < -0.3 is 4.74 Å². The Morgan fingerprint density at radius 3 is 1.82 bits per heavy atom. The Morgan fingerprint density at radius 1 is 0.758 bits per heavy atom. The Bertz CT molecular complexity index is 678. The average molecular weight is 465 g/mol. The van der Waals surface area contributed by atoms with Gasteiger partial charge in [-0.25, -0.2) is 0 Å². The van der Waals surface area contributed by atoms with Crippen molar-refractivity contribution >= 4 is 0 Å². The van der Waals surface area contributed by atoms with Crippen LogP contribution >= 0.6 is 0 Å². The molecule has 3 rings (SSSR count). The van der Waals surface area contributed by atoms with Gasteiger partial charge in [0.25, 0.3) is 0 Å². The first-order valence-corrected chi connectivity index (χ1v) is 13.4. The lowest BCUT2D eigenvalue weighted by Crippen LogP contribution is -2.21. The number of benzene rings is 1. The van der Waals surface area contributed by atoms with Crippen LogP contribution in [0.1, 0.15) is 120 Å². The van der Waals surface area contributed by atoms with E-state index in [1.165, 1.54) is 68.6 Å². The van der Waals surface area contributed by atoms with Crippen molar-refractivity contribution in [3.05, 3.63) is 47.5 Å². The SMILES string of the molecule is CCCCCCCCO[C@H]1CC[C@H](c2ccc([C@H]3CC[C@H](C=CC(F)(F)F)CC3)cc2)CC1. The van der Waals surface area contributed by atoms with Crippen LogP contribution in [0.3, 0.4) is 0 Å². The van der Waals surface area contributed by atoms with Crippen LogP contribution in [-0.4, -0.2) is 18.9 Å². The van der Waals surface area contributed by atoms with Gasteiger partial charge in [0.1, 0.15) is 0 Å². The Hall–Kier alpha value is -1.29. The third-order valence-electron chi connectivity index (χ3n) is 7.73. The number of hydrogen-bond donors (Lipinski definition) is 0. The maximum absolute atomic E-state index is 12.4. The molecule has 0 aliphatic heterocycles. The van der Waals surface area contributed by atoms with Gasteiger partial charge in [-0.15, -0.1) is 0 Å². The summed E-state index contributed by atoms with van der Waals surface area (Å²) in [5.74, 6) is 1.19. The molecule has 186 valence electrons. The largest absolute Gasteiger partial charge is 0.409 e. The summed E-state index contributed by atoms with van der Waals surface area (Å²) in [7, 11) is 0. The number of alkyl halides is 3. The fourth-order valence-electron chi connectivity index (χ4n) is 5.63. The molecule has 0 amide bonds. The summed E-state index contributed by atoms with van der Waals surface area (Å²) in [6.07, 6.45) is 14.3. The van der Waals surface area contributed by atoms with Crippen LogP contribution in [0.15, 0.2) is 36.4 Å². The van der Waals surface area contributed by atoms with E-state index >= 15 is 0 Å². The average Bonchev–Trinajstić information content (AvgIpc) is 2.83. The summed E-state index contributed by atoms with van der Waals surface area (Å²) >= 11 is 0. The van der Waals surface area contributed by atoms with Gasteiger partial charge in [0.15, 0.2) is 0 Å². The van der Waals surface area contributed by atoms with Gasteiger partial charge in [-0.3, -0.25) is 0 Å². The molecule has 0 spiro atoms. The van der Waals surface area contributed by atoms with Crippen LogP contribution in [0.25, 0.3) is 0 Å². The molecule has 0 heterocycles. The van der Waals surface area contributed by atoms with Crippen molar-refractivity contribution in [3.63, 3.8) is 0 Å². The summed E-state index contributed by atoms with van der Waals surface area (Å²) in [6.45, 7) is 3.18. The maximum atomic E-state index is 12.4. The number of unbranched alkanes of at least 4 members (excludes halogenated alkanes) is 5. The van der Waals surface area contributed by atoms with Gasteiger partial charge in [0.2, 0.25) is 0 Å². The minimum atomic E-state index is -4.19. The Labute approximate surface area is 199 Å². The normalized spacial score (nSPS) is 26.7. The lowest BCUT2D eigenvalue weighted by atomic mass is 9.77. The third kappa shape index (κ3) is 9.47. The van der Waals surface area contributed by atoms with Crippen molar-refractivity contribution in [3.8, 4) is 0 Å². The highest BCUT2D eigenvalue weighted by atomic mass is 19.4. The molecule has 0 bridgehead atoms. The molecule has 0 aromatic heterocycles. The molecule has 0 unspecified atom stereocenters. The summed E-state index contributed by atoms with van der Waals surface area (Å²) < 4.78 is 43.3. The van der Waals surface area contributed by atoms with E-state index in [0.717, 1.165) is 45.1 Å². The molecule has 1 aromatic rings. The molecule has 0 radical (unpaired) electrons. The zero-order chi connectivity index (χ0) is 23.5. The molecule has 4 heteroatoms. The lowest BCUT2D eigenvalue weighted by Gasteiger charge is -2.30. The molecule has 0 atom stereocenters. The van der Waals surface area contributed by atoms with Gasteiger partial charge in [0, 0.05) is 12.7 Å². The van der Waals surface area contributed by atoms with E-state index in [4.69, 9.17) is 4.74 Å². The molecule has 2 saturated carbocycles. The summed E-state index contributed by atoms with van der Waals surface area (Å²) in [4.78, 5) is 0. The van der Waals surface area contributed by atoms with Crippen molar-refractivity contribution in [1.82, 2.24) is 0 Å². The van der Waals surface area contributed by atoms with E-state index in [9.17, 15) is 13.2 Å². The predicted octanol–water partition coefficient (Wildman–Crippen LogP) is 9.48. The lowest BCUT2D eigenvalue weighted by molar-refractivity contribution is -0.0803. The number of halogens is 3. The molecular formula is C29H43F3O. The monoisotopic (exact) mass is 464 g/mol. The van der Waals surface area contributed by atoms with Crippen molar-refractivity contribution in [2.24, 2.45) is 5.92 Å². The standard InChI is InChI=1S/C29H43F3O/c1-2-3-4-5-6-7-22-33-28-18-16-27(17-19-28)26-14-12-25(13-15-26)24-10-8-23(9-11-24)20-21-29(30,31)32/h12-15,20-21,23-24,27-28H,2-11,16-19,22H2,1H3/t23-,24-,27-,28-. The fourth-order valence-corrected chi connectivity index (χ4v) is 5.63.